The van der Waals surface area contributed by atoms with Gasteiger partial charge in [-0.05, 0) is 39.8 Å². The highest BCUT2D eigenvalue weighted by Gasteiger charge is 2.20. The summed E-state index contributed by atoms with van der Waals surface area (Å²) in [5.41, 5.74) is -0.112. The molecule has 1 aromatic carbocycles. The second-order valence-corrected chi connectivity index (χ2v) is 6.62. The van der Waals surface area contributed by atoms with Crippen molar-refractivity contribution in [1.82, 2.24) is 10.2 Å². The molecule has 0 aliphatic heterocycles. The lowest BCUT2D eigenvalue weighted by atomic mass is 10.2. The molecule has 0 saturated carbocycles. The topological polar surface area (TPSA) is 58.6 Å². The Morgan fingerprint density at radius 1 is 1.32 bits per heavy atom. The van der Waals surface area contributed by atoms with Crippen LogP contribution >= 0.6 is 11.6 Å². The maximum atomic E-state index is 12.3. The van der Waals surface area contributed by atoms with Crippen LogP contribution in [-0.4, -0.2) is 42.1 Å². The van der Waals surface area contributed by atoms with Crippen LogP contribution in [0.4, 0.5) is 4.79 Å². The lowest BCUT2D eigenvalue weighted by Gasteiger charge is -2.25. The lowest BCUT2D eigenvalue weighted by molar-refractivity contribution is 0.0491. The number of ether oxygens (including phenoxy) is 1. The minimum Gasteiger partial charge on any atom is -0.444 e. The van der Waals surface area contributed by atoms with Gasteiger partial charge in [-0.25, -0.2) is 4.79 Å². The van der Waals surface area contributed by atoms with Gasteiger partial charge in [0, 0.05) is 19.6 Å². The summed E-state index contributed by atoms with van der Waals surface area (Å²) in [6.07, 6.45) is -0.501. The van der Waals surface area contributed by atoms with Crippen LogP contribution in [0.25, 0.3) is 0 Å². The predicted octanol–water partition coefficient (Wildman–Crippen LogP) is 3.33. The number of alkyl carbamates (subject to hydrolysis) is 1. The van der Waals surface area contributed by atoms with Gasteiger partial charge in [-0.15, -0.1) is 0 Å². The van der Waals surface area contributed by atoms with Gasteiger partial charge in [0.2, 0.25) is 0 Å². The van der Waals surface area contributed by atoms with Crippen LogP contribution in [-0.2, 0) is 4.74 Å². The fourth-order valence-corrected chi connectivity index (χ4v) is 2.10. The number of amides is 2. The van der Waals surface area contributed by atoms with Crippen LogP contribution in [0.3, 0.4) is 0 Å². The average molecular weight is 327 g/mol. The molecule has 0 bridgehead atoms. The summed E-state index contributed by atoms with van der Waals surface area (Å²) in [4.78, 5) is 25.5. The van der Waals surface area contributed by atoms with E-state index < -0.39 is 11.7 Å². The van der Waals surface area contributed by atoms with Gasteiger partial charge in [-0.2, -0.15) is 0 Å². The van der Waals surface area contributed by atoms with Crippen LogP contribution in [0.2, 0.25) is 5.02 Å². The van der Waals surface area contributed by atoms with Gasteiger partial charge in [0.1, 0.15) is 5.60 Å². The molecule has 0 aromatic heterocycles. The summed E-state index contributed by atoms with van der Waals surface area (Å²) in [6, 6.07) is 6.63. The molecule has 0 aliphatic carbocycles. The van der Waals surface area contributed by atoms with Gasteiger partial charge < -0.3 is 15.0 Å². The number of carbonyl (C=O) groups is 2. The van der Waals surface area contributed by atoms with Gasteiger partial charge in [-0.1, -0.05) is 23.7 Å². The Morgan fingerprint density at radius 2 is 1.91 bits per heavy atom. The van der Waals surface area contributed by atoms with E-state index in [0.29, 0.717) is 17.1 Å². The minimum absolute atomic E-state index is 0.191. The first kappa shape index (κ1) is 18.3. The minimum atomic E-state index is -0.552. The third-order valence-corrected chi connectivity index (χ3v) is 3.09. The molecule has 1 atom stereocenters. The number of carbonyl (C=O) groups excluding carboxylic acids is 2. The summed E-state index contributed by atoms with van der Waals surface area (Å²) in [6.45, 7) is 7.54. The molecule has 22 heavy (non-hydrogen) atoms. The van der Waals surface area contributed by atoms with Crippen molar-refractivity contribution in [1.29, 1.82) is 0 Å². The molecule has 0 saturated heterocycles. The van der Waals surface area contributed by atoms with E-state index >= 15 is 0 Å². The Bertz CT molecular complexity index is 540. The van der Waals surface area contributed by atoms with Crippen molar-refractivity contribution >= 4 is 23.6 Å². The zero-order chi connectivity index (χ0) is 16.9. The summed E-state index contributed by atoms with van der Waals surface area (Å²) in [5, 5.41) is 3.11. The second-order valence-electron chi connectivity index (χ2n) is 6.21. The molecule has 1 N–H and O–H groups in total. The van der Waals surface area contributed by atoms with E-state index in [4.69, 9.17) is 16.3 Å². The van der Waals surface area contributed by atoms with Gasteiger partial charge in [0.05, 0.1) is 10.6 Å². The first-order chi connectivity index (χ1) is 10.1. The highest BCUT2D eigenvalue weighted by Crippen LogP contribution is 2.16. The van der Waals surface area contributed by atoms with Crippen molar-refractivity contribution in [3.8, 4) is 0 Å². The molecule has 2 amide bonds. The highest BCUT2D eigenvalue weighted by molar-refractivity contribution is 6.33. The van der Waals surface area contributed by atoms with Crippen molar-refractivity contribution in [3.63, 3.8) is 0 Å². The van der Waals surface area contributed by atoms with E-state index in [9.17, 15) is 9.59 Å². The fraction of sp³-hybridized carbons (Fsp3) is 0.500. The van der Waals surface area contributed by atoms with Crippen molar-refractivity contribution in [3.05, 3.63) is 34.9 Å². The van der Waals surface area contributed by atoms with Gasteiger partial charge in [0.15, 0.2) is 0 Å². The number of nitrogens with zero attached hydrogens (tertiary/aromatic N) is 1. The maximum absolute atomic E-state index is 12.3. The molecule has 0 aliphatic rings. The van der Waals surface area contributed by atoms with Crippen LogP contribution < -0.4 is 5.32 Å². The Hall–Kier alpha value is -1.75. The molecule has 0 unspecified atom stereocenters. The Morgan fingerprint density at radius 3 is 2.45 bits per heavy atom. The number of rotatable bonds is 4. The number of benzene rings is 1. The van der Waals surface area contributed by atoms with E-state index in [2.05, 4.69) is 5.32 Å². The first-order valence-corrected chi connectivity index (χ1v) is 7.47. The van der Waals surface area contributed by atoms with Crippen LogP contribution in [0.5, 0.6) is 0 Å². The van der Waals surface area contributed by atoms with Crippen molar-refractivity contribution in [2.75, 3.05) is 13.6 Å². The molecule has 122 valence electrons. The Kier molecular flexibility index (Phi) is 6.23. The van der Waals surface area contributed by atoms with Crippen LogP contribution in [0.15, 0.2) is 24.3 Å². The zero-order valence-electron chi connectivity index (χ0n) is 13.6. The van der Waals surface area contributed by atoms with E-state index in [1.165, 1.54) is 4.90 Å². The number of nitrogens with one attached hydrogen (secondary N) is 1. The average Bonchev–Trinajstić information content (AvgIpc) is 2.35. The van der Waals surface area contributed by atoms with E-state index in [-0.39, 0.29) is 11.9 Å². The molecule has 6 heteroatoms. The molecular weight excluding hydrogens is 304 g/mol. The van der Waals surface area contributed by atoms with E-state index in [1.54, 1.807) is 59.0 Å². The van der Waals surface area contributed by atoms with Crippen LogP contribution in [0, 0.1) is 0 Å². The van der Waals surface area contributed by atoms with Gasteiger partial charge in [-0.3, -0.25) is 4.79 Å². The molecule has 5 nitrogen and oxygen atoms in total. The van der Waals surface area contributed by atoms with Gasteiger partial charge in [0.25, 0.3) is 5.91 Å². The van der Waals surface area contributed by atoms with Crippen molar-refractivity contribution in [2.45, 2.75) is 39.3 Å². The van der Waals surface area contributed by atoms with Crippen LogP contribution in [0.1, 0.15) is 38.1 Å². The predicted molar refractivity (Wildman–Crippen MR) is 87.2 cm³/mol. The molecule has 0 heterocycles. The number of hydrogen-bond donors (Lipinski definition) is 1. The highest BCUT2D eigenvalue weighted by atomic mass is 35.5. The van der Waals surface area contributed by atoms with E-state index in [0.717, 1.165) is 0 Å². The standard InChI is InChI=1S/C16H23ClN2O3/c1-11(18-15(21)22-16(2,3)4)10-19(5)14(20)12-8-6-7-9-13(12)17/h6-9,11H,10H2,1-5H3,(H,18,21)/t11-/m0/s1. The van der Waals surface area contributed by atoms with E-state index in [1.807, 2.05) is 0 Å². The van der Waals surface area contributed by atoms with Crippen molar-refractivity contribution < 1.29 is 14.3 Å². The number of halogens is 1. The summed E-state index contributed by atoms with van der Waals surface area (Å²) in [5.74, 6) is -0.191. The normalized spacial score (nSPS) is 12.5. The molecule has 1 aromatic rings. The monoisotopic (exact) mass is 326 g/mol. The third kappa shape index (κ3) is 5.93. The zero-order valence-corrected chi connectivity index (χ0v) is 14.4. The molecule has 0 spiro atoms. The lowest BCUT2D eigenvalue weighted by Crippen LogP contribution is -2.44. The smallest absolute Gasteiger partial charge is 0.407 e. The molecule has 0 fully saturated rings. The summed E-state index contributed by atoms with van der Waals surface area (Å²) < 4.78 is 5.18. The fourth-order valence-electron chi connectivity index (χ4n) is 1.89. The Labute approximate surface area is 136 Å². The SMILES string of the molecule is C[C@@H](CN(C)C(=O)c1ccccc1Cl)NC(=O)OC(C)(C)C. The van der Waals surface area contributed by atoms with Crippen molar-refractivity contribution in [2.24, 2.45) is 0 Å². The quantitative estimate of drug-likeness (QED) is 0.923. The molecule has 0 radical (unpaired) electrons. The maximum Gasteiger partial charge on any atom is 0.407 e. The largest absolute Gasteiger partial charge is 0.444 e. The molecular formula is C16H23ClN2O3. The second kappa shape index (κ2) is 7.49. The third-order valence-electron chi connectivity index (χ3n) is 2.76. The van der Waals surface area contributed by atoms with Gasteiger partial charge >= 0.3 is 6.09 Å². The number of hydrogen-bond acceptors (Lipinski definition) is 3. The summed E-state index contributed by atoms with van der Waals surface area (Å²) in [7, 11) is 1.67. The first-order valence-electron chi connectivity index (χ1n) is 7.09. The molecule has 1 rings (SSSR count). The Balaban J connectivity index is 2.57. The number of likely N-dealkylation sites (N-methyl/N-ethyl adjacent to an activating group) is 1. The summed E-state index contributed by atoms with van der Waals surface area (Å²) >= 11 is 6.02.